The Hall–Kier alpha value is -1.11. The van der Waals surface area contributed by atoms with Crippen LogP contribution in [0.3, 0.4) is 0 Å². The summed E-state index contributed by atoms with van der Waals surface area (Å²) in [5.74, 6) is 0.0653. The lowest BCUT2D eigenvalue weighted by molar-refractivity contribution is 0.232. The summed E-state index contributed by atoms with van der Waals surface area (Å²) in [6, 6.07) is -0.668. The van der Waals surface area contributed by atoms with Crippen molar-refractivity contribution in [1.82, 2.24) is 9.62 Å². The number of carbonyl (C=O) groups excluding carboxylic acids is 1. The summed E-state index contributed by atoms with van der Waals surface area (Å²) in [4.78, 5) is 11.1. The van der Waals surface area contributed by atoms with Gasteiger partial charge in [-0.3, -0.25) is 5.32 Å². The third kappa shape index (κ3) is 1.80. The fourth-order valence-electron chi connectivity index (χ4n) is 0.751. The number of hydrogen-bond acceptors (Lipinski definition) is 3. The highest BCUT2D eigenvalue weighted by atomic mass is 32.2. The lowest BCUT2D eigenvalue weighted by Crippen LogP contribution is -2.49. The van der Waals surface area contributed by atoms with Crippen LogP contribution < -0.4 is 5.32 Å². The van der Waals surface area contributed by atoms with Crippen molar-refractivity contribution in [2.45, 2.75) is 13.8 Å². The van der Waals surface area contributed by atoms with Gasteiger partial charge >= 0.3 is 16.2 Å². The Labute approximate surface area is 76.8 Å². The SMILES string of the molecule is CC(C)C1=NS(=O)(=O)N(C)C(=O)N1. The molecular formula is C6H11N3O3S. The van der Waals surface area contributed by atoms with E-state index in [-0.39, 0.29) is 11.8 Å². The molecule has 0 atom stereocenters. The lowest BCUT2D eigenvalue weighted by Gasteiger charge is -2.23. The Balaban J connectivity index is 3.15. The number of rotatable bonds is 1. The average molecular weight is 205 g/mol. The van der Waals surface area contributed by atoms with Crippen LogP contribution in [0.15, 0.2) is 4.40 Å². The number of carbonyl (C=O) groups is 1. The van der Waals surface area contributed by atoms with Gasteiger partial charge in [-0.1, -0.05) is 13.8 Å². The molecule has 0 saturated carbocycles. The van der Waals surface area contributed by atoms with Gasteiger partial charge in [-0.25, -0.2) is 9.10 Å². The van der Waals surface area contributed by atoms with E-state index in [9.17, 15) is 13.2 Å². The van der Waals surface area contributed by atoms with Crippen molar-refractivity contribution >= 4 is 22.1 Å². The molecule has 6 nitrogen and oxygen atoms in total. The van der Waals surface area contributed by atoms with Gasteiger partial charge in [0, 0.05) is 13.0 Å². The van der Waals surface area contributed by atoms with E-state index in [1.165, 1.54) is 0 Å². The van der Waals surface area contributed by atoms with E-state index in [4.69, 9.17) is 0 Å². The van der Waals surface area contributed by atoms with Crippen LogP contribution in [-0.2, 0) is 10.2 Å². The summed E-state index contributed by atoms with van der Waals surface area (Å²) in [7, 11) is -2.64. The molecule has 2 amide bonds. The number of amides is 2. The fourth-order valence-corrected chi connectivity index (χ4v) is 1.63. The highest BCUT2D eigenvalue weighted by molar-refractivity contribution is 7.88. The van der Waals surface area contributed by atoms with E-state index in [0.29, 0.717) is 4.31 Å². The van der Waals surface area contributed by atoms with Crippen LogP contribution in [0.1, 0.15) is 13.8 Å². The van der Waals surface area contributed by atoms with Crippen molar-refractivity contribution in [3.05, 3.63) is 0 Å². The predicted octanol–water partition coefficient (Wildman–Crippen LogP) is -0.0593. The Morgan fingerprint density at radius 1 is 1.46 bits per heavy atom. The number of nitrogens with zero attached hydrogens (tertiary/aromatic N) is 2. The molecule has 0 spiro atoms. The van der Waals surface area contributed by atoms with Crippen LogP contribution in [0, 0.1) is 5.92 Å². The van der Waals surface area contributed by atoms with Gasteiger partial charge in [0.1, 0.15) is 5.84 Å². The first-order valence-electron chi connectivity index (χ1n) is 3.74. The second kappa shape index (κ2) is 2.99. The molecule has 0 unspecified atom stereocenters. The predicted molar refractivity (Wildman–Crippen MR) is 47.5 cm³/mol. The molecule has 0 fully saturated rings. The van der Waals surface area contributed by atoms with Crippen molar-refractivity contribution in [1.29, 1.82) is 0 Å². The molecule has 0 bridgehead atoms. The molecule has 74 valence electrons. The van der Waals surface area contributed by atoms with E-state index >= 15 is 0 Å². The largest absolute Gasteiger partial charge is 0.349 e. The van der Waals surface area contributed by atoms with Gasteiger partial charge in [0.2, 0.25) is 0 Å². The van der Waals surface area contributed by atoms with Gasteiger partial charge in [0.15, 0.2) is 0 Å². The summed E-state index contributed by atoms with van der Waals surface area (Å²) in [5, 5.41) is 2.38. The van der Waals surface area contributed by atoms with E-state index in [1.54, 1.807) is 13.8 Å². The zero-order valence-electron chi connectivity index (χ0n) is 7.60. The van der Waals surface area contributed by atoms with Gasteiger partial charge in [-0.05, 0) is 0 Å². The molecular weight excluding hydrogens is 194 g/mol. The van der Waals surface area contributed by atoms with Crippen LogP contribution in [-0.4, -0.2) is 31.6 Å². The minimum atomic E-state index is -3.80. The quantitative estimate of drug-likeness (QED) is 0.651. The van der Waals surface area contributed by atoms with Crippen molar-refractivity contribution in [2.75, 3.05) is 7.05 Å². The number of amidine groups is 1. The summed E-state index contributed by atoms with van der Waals surface area (Å²) >= 11 is 0. The lowest BCUT2D eigenvalue weighted by atomic mass is 10.2. The van der Waals surface area contributed by atoms with Crippen LogP contribution in [0.25, 0.3) is 0 Å². The van der Waals surface area contributed by atoms with Gasteiger partial charge < -0.3 is 0 Å². The zero-order chi connectivity index (χ0) is 10.2. The molecule has 1 heterocycles. The second-order valence-corrected chi connectivity index (χ2v) is 4.63. The van der Waals surface area contributed by atoms with E-state index < -0.39 is 16.2 Å². The van der Waals surface area contributed by atoms with Crippen LogP contribution >= 0.6 is 0 Å². The highest BCUT2D eigenvalue weighted by Gasteiger charge is 2.30. The molecule has 0 radical (unpaired) electrons. The molecule has 13 heavy (non-hydrogen) atoms. The molecule has 1 N–H and O–H groups in total. The summed E-state index contributed by atoms with van der Waals surface area (Å²) in [6.45, 7) is 3.50. The molecule has 0 saturated heterocycles. The smallest absolute Gasteiger partial charge is 0.294 e. The van der Waals surface area contributed by atoms with Crippen LogP contribution in [0.5, 0.6) is 0 Å². The number of hydrogen-bond donors (Lipinski definition) is 1. The van der Waals surface area contributed by atoms with Crippen molar-refractivity contribution in [3.63, 3.8) is 0 Å². The second-order valence-electron chi connectivity index (χ2n) is 3.01. The first-order valence-corrected chi connectivity index (χ1v) is 5.14. The van der Waals surface area contributed by atoms with Crippen molar-refractivity contribution < 1.29 is 13.2 Å². The third-order valence-corrected chi connectivity index (χ3v) is 2.91. The first-order chi connectivity index (χ1) is 5.84. The van der Waals surface area contributed by atoms with E-state index in [2.05, 4.69) is 9.71 Å². The molecule has 0 aromatic heterocycles. The standard InChI is InChI=1S/C6H11N3O3S/c1-4(2)5-7-6(10)9(3)13(11,12)8-5/h4H,1-3H3,(H,7,8,10). The average Bonchev–Trinajstić information content (AvgIpc) is 1.99. The molecule has 1 aliphatic heterocycles. The highest BCUT2D eigenvalue weighted by Crippen LogP contribution is 2.09. The van der Waals surface area contributed by atoms with Gasteiger partial charge in [0.05, 0.1) is 0 Å². The monoisotopic (exact) mass is 205 g/mol. The minimum absolute atomic E-state index is 0.118. The maximum atomic E-state index is 11.2. The molecule has 0 aromatic rings. The third-order valence-electron chi connectivity index (χ3n) is 1.63. The molecule has 1 rings (SSSR count). The Bertz CT molecular complexity index is 357. The van der Waals surface area contributed by atoms with E-state index in [0.717, 1.165) is 7.05 Å². The van der Waals surface area contributed by atoms with Gasteiger partial charge in [-0.15, -0.1) is 4.40 Å². The zero-order valence-corrected chi connectivity index (χ0v) is 8.42. The van der Waals surface area contributed by atoms with Crippen molar-refractivity contribution in [3.8, 4) is 0 Å². The number of urea groups is 1. The maximum Gasteiger partial charge on any atom is 0.349 e. The van der Waals surface area contributed by atoms with Crippen LogP contribution in [0.2, 0.25) is 0 Å². The molecule has 1 aliphatic rings. The van der Waals surface area contributed by atoms with E-state index in [1.807, 2.05) is 0 Å². The summed E-state index contributed by atoms with van der Waals surface area (Å²) < 4.78 is 26.4. The molecule has 0 aliphatic carbocycles. The Kier molecular flexibility index (Phi) is 2.29. The summed E-state index contributed by atoms with van der Waals surface area (Å²) in [6.07, 6.45) is 0. The fraction of sp³-hybridized carbons (Fsp3) is 0.667. The van der Waals surface area contributed by atoms with Crippen molar-refractivity contribution in [2.24, 2.45) is 10.3 Å². The minimum Gasteiger partial charge on any atom is -0.294 e. The van der Waals surface area contributed by atoms with Gasteiger partial charge in [0.25, 0.3) is 0 Å². The topological polar surface area (TPSA) is 78.8 Å². The maximum absolute atomic E-state index is 11.2. The van der Waals surface area contributed by atoms with Gasteiger partial charge in [-0.2, -0.15) is 8.42 Å². The Morgan fingerprint density at radius 3 is 2.38 bits per heavy atom. The number of nitrogens with one attached hydrogen (secondary N) is 1. The summed E-state index contributed by atoms with van der Waals surface area (Å²) in [5.41, 5.74) is 0. The molecule has 7 heteroatoms. The first kappa shape index (κ1) is 9.97. The Morgan fingerprint density at radius 2 is 2.00 bits per heavy atom. The molecule has 0 aromatic carbocycles. The van der Waals surface area contributed by atoms with Crippen LogP contribution in [0.4, 0.5) is 4.79 Å². The normalized spacial score (nSPS) is 21.4.